The number of esters is 3. The molecule has 0 rings (SSSR count). The summed E-state index contributed by atoms with van der Waals surface area (Å²) in [6, 6.07) is 0. The summed E-state index contributed by atoms with van der Waals surface area (Å²) >= 11 is 0. The van der Waals surface area contributed by atoms with E-state index in [1.807, 2.05) is 0 Å². The fraction of sp³-hybridized carbons (Fsp3) is 0.714. The monoisotopic (exact) mass is 334 g/mol. The molecule has 0 aliphatic carbocycles. The first-order valence-corrected chi connectivity index (χ1v) is 7.18. The number of hydrogen-bond donors (Lipinski definition) is 0. The molecule has 0 heterocycles. The van der Waals surface area contributed by atoms with Crippen molar-refractivity contribution in [1.82, 2.24) is 0 Å². The number of hydrogen-bond acceptors (Lipinski definition) is 9. The van der Waals surface area contributed by atoms with E-state index < -0.39 is 43.0 Å². The molecule has 9 heteroatoms. The van der Waals surface area contributed by atoms with Gasteiger partial charge in [-0.25, -0.2) is 14.6 Å². The molecule has 0 radical (unpaired) electrons. The van der Waals surface area contributed by atoms with Crippen LogP contribution in [0.25, 0.3) is 0 Å². The van der Waals surface area contributed by atoms with E-state index in [-0.39, 0.29) is 19.8 Å². The Bertz CT molecular complexity index is 407. The van der Waals surface area contributed by atoms with Gasteiger partial charge in [-0.3, -0.25) is 14.4 Å². The van der Waals surface area contributed by atoms with E-state index in [1.54, 1.807) is 20.8 Å². The molecule has 0 N–H and O–H groups in total. The molecule has 0 saturated carbocycles. The van der Waals surface area contributed by atoms with Gasteiger partial charge >= 0.3 is 17.9 Å². The summed E-state index contributed by atoms with van der Waals surface area (Å²) in [6.07, 6.45) is -0.896. The number of ether oxygens (including phenoxy) is 3. The van der Waals surface area contributed by atoms with Crippen molar-refractivity contribution in [2.45, 2.75) is 39.2 Å². The zero-order valence-corrected chi connectivity index (χ0v) is 13.5. The third kappa shape index (κ3) is 7.71. The maximum atomic E-state index is 12.2. The Morgan fingerprint density at radius 1 is 0.870 bits per heavy atom. The molecule has 23 heavy (non-hydrogen) atoms. The van der Waals surface area contributed by atoms with E-state index in [0.717, 1.165) is 0 Å². The van der Waals surface area contributed by atoms with Crippen molar-refractivity contribution in [2.75, 3.05) is 26.4 Å². The fourth-order valence-corrected chi connectivity index (χ4v) is 1.59. The molecule has 0 saturated heterocycles. The van der Waals surface area contributed by atoms with Gasteiger partial charge in [0.25, 0.3) is 0 Å². The molecule has 0 spiro atoms. The van der Waals surface area contributed by atoms with Crippen molar-refractivity contribution in [1.29, 1.82) is 0 Å². The smallest absolute Gasteiger partial charge is 0.343 e. The highest BCUT2D eigenvalue weighted by Crippen LogP contribution is 2.25. The maximum Gasteiger partial charge on any atom is 0.343 e. The zero-order chi connectivity index (χ0) is 17.7. The molecular weight excluding hydrogens is 312 g/mol. The Kier molecular flexibility index (Phi) is 10.5. The minimum Gasteiger partial charge on any atom is -0.466 e. The van der Waals surface area contributed by atoms with Gasteiger partial charge in [-0.15, -0.1) is 0 Å². The third-order valence-corrected chi connectivity index (χ3v) is 2.46. The molecule has 132 valence electrons. The second kappa shape index (κ2) is 11.6. The van der Waals surface area contributed by atoms with Crippen LogP contribution in [0, 0.1) is 0 Å². The van der Waals surface area contributed by atoms with Crippen LogP contribution in [-0.2, 0) is 43.2 Å². The van der Waals surface area contributed by atoms with Gasteiger partial charge < -0.3 is 14.2 Å². The van der Waals surface area contributed by atoms with Crippen LogP contribution in [0.5, 0.6) is 0 Å². The summed E-state index contributed by atoms with van der Waals surface area (Å²) in [6.45, 7) is 4.40. The summed E-state index contributed by atoms with van der Waals surface area (Å²) in [5.74, 6) is -2.66. The first-order chi connectivity index (χ1) is 11.0. The van der Waals surface area contributed by atoms with Crippen molar-refractivity contribution < 1.29 is 43.2 Å². The Balaban J connectivity index is 5.34. The first-order valence-electron chi connectivity index (χ1n) is 7.18. The lowest BCUT2D eigenvalue weighted by atomic mass is 9.95. The SMILES string of the molecule is CCOOC(CC(=O)OCC)(CC(=O)OCC=O)C(=O)OCC. The molecule has 0 fully saturated rings. The maximum absolute atomic E-state index is 12.2. The average Bonchev–Trinajstić information content (AvgIpc) is 2.51. The molecule has 1 unspecified atom stereocenters. The van der Waals surface area contributed by atoms with Crippen molar-refractivity contribution in [2.24, 2.45) is 0 Å². The van der Waals surface area contributed by atoms with Crippen LogP contribution in [0.3, 0.4) is 0 Å². The highest BCUT2D eigenvalue weighted by atomic mass is 17.2. The minimum absolute atomic E-state index is 0.00226. The molecule has 0 aliphatic heterocycles. The molecule has 0 aromatic carbocycles. The van der Waals surface area contributed by atoms with E-state index in [1.165, 1.54) is 0 Å². The van der Waals surface area contributed by atoms with Gasteiger partial charge in [-0.1, -0.05) is 0 Å². The molecule has 9 nitrogen and oxygen atoms in total. The van der Waals surface area contributed by atoms with Crippen molar-refractivity contribution in [3.8, 4) is 0 Å². The van der Waals surface area contributed by atoms with Crippen LogP contribution in [0.15, 0.2) is 0 Å². The van der Waals surface area contributed by atoms with Gasteiger partial charge in [0.1, 0.15) is 6.61 Å². The zero-order valence-electron chi connectivity index (χ0n) is 13.5. The van der Waals surface area contributed by atoms with Gasteiger partial charge in [-0.2, -0.15) is 0 Å². The summed E-state index contributed by atoms with van der Waals surface area (Å²) in [5, 5.41) is 0. The van der Waals surface area contributed by atoms with E-state index in [2.05, 4.69) is 4.74 Å². The molecule has 0 aromatic heterocycles. The van der Waals surface area contributed by atoms with Crippen LogP contribution in [0.4, 0.5) is 0 Å². The highest BCUT2D eigenvalue weighted by Gasteiger charge is 2.48. The summed E-state index contributed by atoms with van der Waals surface area (Å²) in [4.78, 5) is 55.7. The number of carbonyl (C=O) groups excluding carboxylic acids is 4. The molecular formula is C14H22O9. The van der Waals surface area contributed by atoms with E-state index in [9.17, 15) is 19.2 Å². The largest absolute Gasteiger partial charge is 0.466 e. The van der Waals surface area contributed by atoms with Crippen molar-refractivity contribution >= 4 is 24.2 Å². The standard InChI is InChI=1S/C14H22O9/c1-4-19-11(16)9-14(23-22-6-3,13(18)20-5-2)10-12(17)21-8-7-15/h7H,4-6,8-10H2,1-3H3. The lowest BCUT2D eigenvalue weighted by molar-refractivity contribution is -0.353. The van der Waals surface area contributed by atoms with Gasteiger partial charge in [0, 0.05) is 0 Å². The first kappa shape index (κ1) is 21.0. The lowest BCUT2D eigenvalue weighted by Crippen LogP contribution is -2.47. The number of aldehydes is 1. The van der Waals surface area contributed by atoms with Crippen LogP contribution in [0.2, 0.25) is 0 Å². The summed E-state index contributed by atoms with van der Waals surface area (Å²) < 4.78 is 14.2. The van der Waals surface area contributed by atoms with Crippen LogP contribution >= 0.6 is 0 Å². The van der Waals surface area contributed by atoms with Gasteiger partial charge in [0.15, 0.2) is 6.29 Å². The predicted octanol–water partition coefficient (Wildman–Crippen LogP) is 0.342. The molecule has 0 aromatic rings. The second-order valence-electron chi connectivity index (χ2n) is 4.21. The molecule has 0 bridgehead atoms. The Morgan fingerprint density at radius 2 is 1.43 bits per heavy atom. The quantitative estimate of drug-likeness (QED) is 0.164. The Labute approximate surface area is 134 Å². The topological polar surface area (TPSA) is 114 Å². The van der Waals surface area contributed by atoms with Crippen LogP contribution in [-0.4, -0.2) is 56.2 Å². The fourth-order valence-electron chi connectivity index (χ4n) is 1.59. The van der Waals surface area contributed by atoms with E-state index in [4.69, 9.17) is 19.2 Å². The molecule has 0 amide bonds. The van der Waals surface area contributed by atoms with Crippen LogP contribution in [0.1, 0.15) is 33.6 Å². The number of rotatable bonds is 12. The second-order valence-corrected chi connectivity index (χ2v) is 4.21. The Hall–Kier alpha value is -2.00. The van der Waals surface area contributed by atoms with Crippen LogP contribution < -0.4 is 0 Å². The highest BCUT2D eigenvalue weighted by molar-refractivity contribution is 5.90. The van der Waals surface area contributed by atoms with Gasteiger partial charge in [0.2, 0.25) is 5.60 Å². The van der Waals surface area contributed by atoms with Gasteiger partial charge in [-0.05, 0) is 20.8 Å². The van der Waals surface area contributed by atoms with E-state index >= 15 is 0 Å². The van der Waals surface area contributed by atoms with E-state index in [0.29, 0.717) is 6.29 Å². The number of carbonyl (C=O) groups is 4. The minimum atomic E-state index is -2.04. The normalized spacial score (nSPS) is 12.8. The third-order valence-electron chi connectivity index (χ3n) is 2.46. The summed E-state index contributed by atoms with van der Waals surface area (Å²) in [7, 11) is 0. The molecule has 1 atom stereocenters. The lowest BCUT2D eigenvalue weighted by Gasteiger charge is -2.27. The predicted molar refractivity (Wildman–Crippen MR) is 75.0 cm³/mol. The molecule has 0 aliphatic rings. The summed E-state index contributed by atoms with van der Waals surface area (Å²) in [5.41, 5.74) is -2.04. The average molecular weight is 334 g/mol. The van der Waals surface area contributed by atoms with Crippen molar-refractivity contribution in [3.63, 3.8) is 0 Å². The van der Waals surface area contributed by atoms with Crippen molar-refractivity contribution in [3.05, 3.63) is 0 Å². The Morgan fingerprint density at radius 3 is 1.91 bits per heavy atom. The van der Waals surface area contributed by atoms with Gasteiger partial charge in [0.05, 0.1) is 32.7 Å².